The van der Waals surface area contributed by atoms with Gasteiger partial charge in [0.1, 0.15) is 6.23 Å². The van der Waals surface area contributed by atoms with Crippen LogP contribution in [0, 0.1) is 0 Å². The fourth-order valence-corrected chi connectivity index (χ4v) is 3.79. The third-order valence-corrected chi connectivity index (χ3v) is 5.14. The van der Waals surface area contributed by atoms with Gasteiger partial charge in [-0.3, -0.25) is 4.79 Å². The number of amides is 1. The molecule has 126 valence electrons. The zero-order valence-corrected chi connectivity index (χ0v) is 14.2. The van der Waals surface area contributed by atoms with Gasteiger partial charge in [0.05, 0.1) is 5.41 Å². The molecule has 1 atom stereocenters. The molecule has 0 aliphatic carbocycles. The molecule has 1 aromatic rings. The van der Waals surface area contributed by atoms with E-state index in [1.807, 2.05) is 18.2 Å². The van der Waals surface area contributed by atoms with Crippen LogP contribution >= 0.6 is 0 Å². The maximum Gasteiger partial charge on any atom is 0.261 e. The predicted octanol–water partition coefficient (Wildman–Crippen LogP) is 3.14. The first-order valence-corrected chi connectivity index (χ1v) is 9.47. The van der Waals surface area contributed by atoms with Crippen molar-refractivity contribution in [2.75, 3.05) is 6.61 Å². The number of benzene rings is 1. The summed E-state index contributed by atoms with van der Waals surface area (Å²) in [4.78, 5) is 12.0. The second-order valence-corrected chi connectivity index (χ2v) is 7.21. The molecule has 5 nitrogen and oxygen atoms in total. The average Bonchev–Trinajstić information content (AvgIpc) is 2.92. The van der Waals surface area contributed by atoms with E-state index in [1.54, 1.807) is 12.1 Å². The molecule has 0 spiro atoms. The lowest BCUT2D eigenvalue weighted by atomic mass is 10.2. The third kappa shape index (κ3) is 4.91. The van der Waals surface area contributed by atoms with Crippen molar-refractivity contribution in [3.8, 4) is 0 Å². The van der Waals surface area contributed by atoms with Gasteiger partial charge in [-0.1, -0.05) is 50.1 Å². The Kier molecular flexibility index (Phi) is 6.36. The third-order valence-electron chi connectivity index (χ3n) is 3.68. The smallest absolute Gasteiger partial charge is 0.261 e. The summed E-state index contributed by atoms with van der Waals surface area (Å²) in [6.45, 7) is 2.56. The minimum absolute atomic E-state index is 0.205. The molecule has 0 N–H and O–H groups in total. The molecule has 0 saturated carbocycles. The molecular weight excluding hydrogens is 314 g/mol. The lowest BCUT2D eigenvalue weighted by molar-refractivity contribution is -0.128. The molecule has 1 heterocycles. The maximum atomic E-state index is 12.5. The Hall–Kier alpha value is -1.66. The van der Waals surface area contributed by atoms with Gasteiger partial charge >= 0.3 is 0 Å². The monoisotopic (exact) mass is 337 g/mol. The first-order chi connectivity index (χ1) is 11.0. The molecule has 0 radical (unpaired) electrons. The quantitative estimate of drug-likeness (QED) is 0.684. The van der Waals surface area contributed by atoms with Crippen LogP contribution in [0.15, 0.2) is 35.7 Å². The number of nitrogens with zero attached hydrogens (tertiary/aromatic N) is 1. The number of rotatable bonds is 8. The minimum Gasteiger partial charge on any atom is -0.357 e. The van der Waals surface area contributed by atoms with E-state index >= 15 is 0 Å². The Labute approximate surface area is 138 Å². The van der Waals surface area contributed by atoms with Gasteiger partial charge in [-0.15, -0.1) is 0 Å². The Morgan fingerprint density at radius 1 is 1.26 bits per heavy atom. The molecule has 0 bridgehead atoms. The van der Waals surface area contributed by atoms with Crippen LogP contribution in [0.25, 0.3) is 6.08 Å². The number of carbonyl (C=O) groups is 1. The second kappa shape index (κ2) is 8.26. The summed E-state index contributed by atoms with van der Waals surface area (Å²) in [6, 6.07) is 9.11. The van der Waals surface area contributed by atoms with Gasteiger partial charge in [0, 0.05) is 19.4 Å². The molecule has 2 rings (SSSR count). The predicted molar refractivity (Wildman–Crippen MR) is 89.7 cm³/mol. The van der Waals surface area contributed by atoms with Crippen LogP contribution in [-0.2, 0) is 19.6 Å². The number of ether oxygens (including phenoxy) is 1. The second-order valence-electron chi connectivity index (χ2n) is 5.52. The summed E-state index contributed by atoms with van der Waals surface area (Å²) in [5.74, 6) is -0.400. The first-order valence-electron chi connectivity index (χ1n) is 7.96. The molecule has 23 heavy (non-hydrogen) atoms. The van der Waals surface area contributed by atoms with E-state index in [0.29, 0.717) is 13.0 Å². The van der Waals surface area contributed by atoms with Crippen molar-refractivity contribution >= 4 is 22.0 Å². The van der Waals surface area contributed by atoms with Crippen LogP contribution in [0.4, 0.5) is 0 Å². The molecule has 1 fully saturated rings. The first kappa shape index (κ1) is 17.7. The highest BCUT2D eigenvalue weighted by atomic mass is 32.2. The van der Waals surface area contributed by atoms with Crippen LogP contribution in [0.5, 0.6) is 0 Å². The van der Waals surface area contributed by atoms with Crippen molar-refractivity contribution < 1.29 is 17.9 Å². The SMILES string of the molecule is CCCCCOC1CCC(=O)N1S(=O)(=O)/C=C/c1ccccc1. The van der Waals surface area contributed by atoms with Gasteiger partial charge in [-0.05, 0) is 18.1 Å². The molecular formula is C17H23NO4S. The average molecular weight is 337 g/mol. The molecule has 6 heteroatoms. The van der Waals surface area contributed by atoms with Crippen LogP contribution in [0.3, 0.4) is 0 Å². The van der Waals surface area contributed by atoms with Crippen molar-refractivity contribution in [2.24, 2.45) is 0 Å². The van der Waals surface area contributed by atoms with Crippen molar-refractivity contribution in [3.05, 3.63) is 41.3 Å². The van der Waals surface area contributed by atoms with Gasteiger partial charge < -0.3 is 4.74 Å². The van der Waals surface area contributed by atoms with E-state index in [4.69, 9.17) is 4.74 Å². The van der Waals surface area contributed by atoms with E-state index in [0.717, 1.165) is 34.5 Å². The van der Waals surface area contributed by atoms with Crippen molar-refractivity contribution in [2.45, 2.75) is 45.3 Å². The van der Waals surface area contributed by atoms with Crippen LogP contribution < -0.4 is 0 Å². The maximum absolute atomic E-state index is 12.5. The highest BCUT2D eigenvalue weighted by Crippen LogP contribution is 2.25. The van der Waals surface area contributed by atoms with Crippen LogP contribution in [0.2, 0.25) is 0 Å². The Balaban J connectivity index is 2.06. The summed E-state index contributed by atoms with van der Waals surface area (Å²) < 4.78 is 31.4. The number of hydrogen-bond donors (Lipinski definition) is 0. The Morgan fingerprint density at radius 3 is 2.70 bits per heavy atom. The molecule has 1 amide bonds. The fourth-order valence-electron chi connectivity index (χ4n) is 2.46. The highest BCUT2D eigenvalue weighted by molar-refractivity contribution is 7.92. The lowest BCUT2D eigenvalue weighted by Gasteiger charge is -2.22. The van der Waals surface area contributed by atoms with E-state index in [9.17, 15) is 13.2 Å². The van der Waals surface area contributed by atoms with E-state index in [1.165, 1.54) is 6.08 Å². The van der Waals surface area contributed by atoms with E-state index < -0.39 is 22.2 Å². The van der Waals surface area contributed by atoms with E-state index in [2.05, 4.69) is 6.92 Å². The zero-order valence-electron chi connectivity index (χ0n) is 13.3. The number of unbranched alkanes of at least 4 members (excludes halogenated alkanes) is 2. The molecule has 1 aromatic carbocycles. The summed E-state index contributed by atoms with van der Waals surface area (Å²) in [6.07, 6.45) is 4.41. The number of hydrogen-bond acceptors (Lipinski definition) is 4. The molecule has 1 unspecified atom stereocenters. The van der Waals surface area contributed by atoms with Gasteiger partial charge in [0.25, 0.3) is 10.0 Å². The topological polar surface area (TPSA) is 63.7 Å². The van der Waals surface area contributed by atoms with Gasteiger partial charge in [0.2, 0.25) is 5.91 Å². The van der Waals surface area contributed by atoms with E-state index in [-0.39, 0.29) is 6.42 Å². The Morgan fingerprint density at radius 2 is 2.00 bits per heavy atom. The molecule has 1 aliphatic heterocycles. The molecule has 1 saturated heterocycles. The molecule has 1 aliphatic rings. The normalized spacial score (nSPS) is 18.9. The van der Waals surface area contributed by atoms with Gasteiger partial charge in [-0.2, -0.15) is 0 Å². The lowest BCUT2D eigenvalue weighted by Crippen LogP contribution is -2.39. The van der Waals surface area contributed by atoms with Crippen molar-refractivity contribution in [3.63, 3.8) is 0 Å². The van der Waals surface area contributed by atoms with Crippen LogP contribution in [0.1, 0.15) is 44.6 Å². The zero-order chi connectivity index (χ0) is 16.7. The van der Waals surface area contributed by atoms with Crippen molar-refractivity contribution in [1.82, 2.24) is 4.31 Å². The summed E-state index contributed by atoms with van der Waals surface area (Å²) in [5.41, 5.74) is 0.767. The summed E-state index contributed by atoms with van der Waals surface area (Å²) >= 11 is 0. The molecule has 0 aromatic heterocycles. The number of carbonyl (C=O) groups excluding carboxylic acids is 1. The van der Waals surface area contributed by atoms with Crippen molar-refractivity contribution in [1.29, 1.82) is 0 Å². The van der Waals surface area contributed by atoms with Gasteiger partial charge in [0.15, 0.2) is 0 Å². The standard InChI is InChI=1S/C17H23NO4S/c1-2-3-7-13-22-17-11-10-16(19)18(17)23(20,21)14-12-15-8-5-4-6-9-15/h4-6,8-9,12,14,17H,2-3,7,10-11,13H2,1H3/b14-12+. The highest BCUT2D eigenvalue weighted by Gasteiger charge is 2.39. The van der Waals surface area contributed by atoms with Crippen LogP contribution in [-0.4, -0.2) is 31.5 Å². The number of sulfonamides is 1. The summed E-state index contributed by atoms with van der Waals surface area (Å²) in [5, 5.41) is 1.08. The minimum atomic E-state index is -3.82. The Bertz CT molecular complexity index is 640. The van der Waals surface area contributed by atoms with Gasteiger partial charge in [-0.25, -0.2) is 12.7 Å². The largest absolute Gasteiger partial charge is 0.357 e. The fraction of sp³-hybridized carbons (Fsp3) is 0.471. The summed E-state index contributed by atoms with van der Waals surface area (Å²) in [7, 11) is -3.82.